The van der Waals surface area contributed by atoms with Crippen LogP contribution < -0.4 is 10.6 Å². The summed E-state index contributed by atoms with van der Waals surface area (Å²) in [6.07, 6.45) is 3.15. The van der Waals surface area contributed by atoms with E-state index >= 15 is 0 Å². The summed E-state index contributed by atoms with van der Waals surface area (Å²) in [4.78, 5) is 11.3. The fourth-order valence-corrected chi connectivity index (χ4v) is 1.54. The second-order valence-electron chi connectivity index (χ2n) is 4.41. The van der Waals surface area contributed by atoms with Crippen LogP contribution in [0.2, 0.25) is 0 Å². The van der Waals surface area contributed by atoms with E-state index < -0.39 is 0 Å². The van der Waals surface area contributed by atoms with E-state index in [9.17, 15) is 4.79 Å². The van der Waals surface area contributed by atoms with E-state index in [-0.39, 0.29) is 6.03 Å². The molecule has 0 aromatic heterocycles. The normalized spacial score (nSPS) is 14.6. The zero-order chi connectivity index (χ0) is 11.4. The lowest BCUT2D eigenvalue weighted by Gasteiger charge is -2.06. The molecule has 2 N–H and O–H groups in total. The Labute approximate surface area is 96.2 Å². The van der Waals surface area contributed by atoms with Crippen molar-refractivity contribution in [3.63, 3.8) is 0 Å². The van der Waals surface area contributed by atoms with Crippen molar-refractivity contribution in [1.82, 2.24) is 10.6 Å². The maximum absolute atomic E-state index is 11.3. The molecule has 1 saturated carbocycles. The second-order valence-corrected chi connectivity index (χ2v) is 4.41. The third kappa shape index (κ3) is 3.57. The van der Waals surface area contributed by atoms with Crippen molar-refractivity contribution in [2.45, 2.75) is 32.2 Å². The lowest BCUT2D eigenvalue weighted by Crippen LogP contribution is -2.37. The number of aryl methyl sites for hydroxylation is 1. The molecule has 16 heavy (non-hydrogen) atoms. The maximum Gasteiger partial charge on any atom is 0.315 e. The molecule has 2 amide bonds. The summed E-state index contributed by atoms with van der Waals surface area (Å²) in [6, 6.07) is 8.80. The van der Waals surface area contributed by atoms with E-state index in [1.807, 2.05) is 0 Å². The number of rotatable bonds is 4. The van der Waals surface area contributed by atoms with Gasteiger partial charge in [0.25, 0.3) is 0 Å². The number of hydrogen-bond acceptors (Lipinski definition) is 1. The van der Waals surface area contributed by atoms with Crippen molar-refractivity contribution in [2.24, 2.45) is 0 Å². The predicted octanol–water partition coefficient (Wildman–Crippen LogP) is 2.00. The summed E-state index contributed by atoms with van der Waals surface area (Å²) < 4.78 is 0. The van der Waals surface area contributed by atoms with Crippen LogP contribution in [0.1, 0.15) is 24.0 Å². The first-order valence-electron chi connectivity index (χ1n) is 5.84. The molecule has 3 heteroatoms. The van der Waals surface area contributed by atoms with Gasteiger partial charge >= 0.3 is 6.03 Å². The molecule has 0 spiro atoms. The van der Waals surface area contributed by atoms with Crippen LogP contribution >= 0.6 is 0 Å². The predicted molar refractivity (Wildman–Crippen MR) is 64.4 cm³/mol. The molecule has 1 aliphatic carbocycles. The summed E-state index contributed by atoms with van der Waals surface area (Å²) >= 11 is 0. The van der Waals surface area contributed by atoms with Crippen molar-refractivity contribution >= 4 is 6.03 Å². The van der Waals surface area contributed by atoms with Gasteiger partial charge in [-0.1, -0.05) is 29.8 Å². The molecule has 86 valence electrons. The third-order valence-electron chi connectivity index (χ3n) is 2.73. The standard InChI is InChI=1S/C13H18N2O/c1-10-2-4-11(5-3-10)8-9-14-13(16)15-12-6-7-12/h2-5,12H,6-9H2,1H3,(H2,14,15,16). The van der Waals surface area contributed by atoms with E-state index in [0.29, 0.717) is 12.6 Å². The van der Waals surface area contributed by atoms with E-state index in [4.69, 9.17) is 0 Å². The summed E-state index contributed by atoms with van der Waals surface area (Å²) in [5.74, 6) is 0. The topological polar surface area (TPSA) is 41.1 Å². The molecular formula is C13H18N2O. The van der Waals surface area contributed by atoms with Crippen LogP contribution in [0.25, 0.3) is 0 Å². The van der Waals surface area contributed by atoms with Crippen molar-refractivity contribution in [3.05, 3.63) is 35.4 Å². The van der Waals surface area contributed by atoms with Crippen LogP contribution in [0.15, 0.2) is 24.3 Å². The maximum atomic E-state index is 11.3. The molecule has 1 aromatic carbocycles. The first-order valence-corrected chi connectivity index (χ1v) is 5.84. The van der Waals surface area contributed by atoms with Crippen molar-refractivity contribution in [3.8, 4) is 0 Å². The minimum atomic E-state index is -0.0328. The molecule has 0 aliphatic heterocycles. The number of urea groups is 1. The fourth-order valence-electron chi connectivity index (χ4n) is 1.54. The van der Waals surface area contributed by atoms with E-state index in [1.165, 1.54) is 11.1 Å². The van der Waals surface area contributed by atoms with Gasteiger partial charge in [0.1, 0.15) is 0 Å². The molecule has 0 bridgehead atoms. The SMILES string of the molecule is Cc1ccc(CCNC(=O)NC2CC2)cc1. The Hall–Kier alpha value is -1.51. The highest BCUT2D eigenvalue weighted by molar-refractivity contribution is 5.74. The van der Waals surface area contributed by atoms with Crippen molar-refractivity contribution in [1.29, 1.82) is 0 Å². The van der Waals surface area contributed by atoms with Gasteiger partial charge in [-0.05, 0) is 31.7 Å². The Morgan fingerprint density at radius 3 is 2.62 bits per heavy atom. The second kappa shape index (κ2) is 5.01. The molecular weight excluding hydrogens is 200 g/mol. The lowest BCUT2D eigenvalue weighted by atomic mass is 10.1. The smallest absolute Gasteiger partial charge is 0.315 e. The highest BCUT2D eigenvalue weighted by Gasteiger charge is 2.22. The molecule has 0 saturated heterocycles. The number of nitrogens with one attached hydrogen (secondary N) is 2. The number of benzene rings is 1. The van der Waals surface area contributed by atoms with Gasteiger partial charge in [0.15, 0.2) is 0 Å². The van der Waals surface area contributed by atoms with Crippen molar-refractivity contribution < 1.29 is 4.79 Å². The Morgan fingerprint density at radius 2 is 2.00 bits per heavy atom. The zero-order valence-corrected chi connectivity index (χ0v) is 9.62. The van der Waals surface area contributed by atoms with Crippen LogP contribution in [-0.4, -0.2) is 18.6 Å². The molecule has 3 nitrogen and oxygen atoms in total. The molecule has 1 fully saturated rings. The minimum absolute atomic E-state index is 0.0328. The van der Waals surface area contributed by atoms with Crippen LogP contribution in [0.4, 0.5) is 4.79 Å². The third-order valence-corrected chi connectivity index (χ3v) is 2.73. The summed E-state index contributed by atoms with van der Waals surface area (Å²) in [6.45, 7) is 2.77. The molecule has 1 aliphatic rings. The average molecular weight is 218 g/mol. The largest absolute Gasteiger partial charge is 0.338 e. The van der Waals surface area contributed by atoms with Crippen molar-refractivity contribution in [2.75, 3.05) is 6.54 Å². The van der Waals surface area contributed by atoms with Gasteiger partial charge in [-0.2, -0.15) is 0 Å². The molecule has 0 unspecified atom stereocenters. The highest BCUT2D eigenvalue weighted by atomic mass is 16.2. The van der Waals surface area contributed by atoms with E-state index in [1.54, 1.807) is 0 Å². The van der Waals surface area contributed by atoms with Gasteiger partial charge in [-0.15, -0.1) is 0 Å². The van der Waals surface area contributed by atoms with Gasteiger partial charge in [0, 0.05) is 12.6 Å². The molecule has 0 atom stereocenters. The Morgan fingerprint density at radius 1 is 1.31 bits per heavy atom. The van der Waals surface area contributed by atoms with Crippen LogP contribution in [-0.2, 0) is 6.42 Å². The Balaban J connectivity index is 1.66. The van der Waals surface area contributed by atoms with Gasteiger partial charge in [0.05, 0.1) is 0 Å². The summed E-state index contributed by atoms with van der Waals surface area (Å²) in [7, 11) is 0. The van der Waals surface area contributed by atoms with Crippen LogP contribution in [0.5, 0.6) is 0 Å². The van der Waals surface area contributed by atoms with Gasteiger partial charge in [-0.3, -0.25) is 0 Å². The molecule has 2 rings (SSSR count). The zero-order valence-electron chi connectivity index (χ0n) is 9.62. The number of carbonyl (C=O) groups is 1. The summed E-state index contributed by atoms with van der Waals surface area (Å²) in [5, 5.41) is 5.77. The fraction of sp³-hybridized carbons (Fsp3) is 0.462. The van der Waals surface area contributed by atoms with E-state index in [0.717, 1.165) is 19.3 Å². The van der Waals surface area contributed by atoms with Gasteiger partial charge < -0.3 is 10.6 Å². The first-order chi connectivity index (χ1) is 7.74. The quantitative estimate of drug-likeness (QED) is 0.797. The Bertz CT molecular complexity index is 355. The van der Waals surface area contributed by atoms with Gasteiger partial charge in [-0.25, -0.2) is 4.79 Å². The number of carbonyl (C=O) groups excluding carboxylic acids is 1. The number of amides is 2. The minimum Gasteiger partial charge on any atom is -0.338 e. The molecule has 0 heterocycles. The summed E-state index contributed by atoms with van der Waals surface area (Å²) in [5.41, 5.74) is 2.53. The van der Waals surface area contributed by atoms with Crippen LogP contribution in [0, 0.1) is 6.92 Å². The average Bonchev–Trinajstić information content (AvgIpc) is 3.05. The first kappa shape index (κ1) is 11.0. The van der Waals surface area contributed by atoms with E-state index in [2.05, 4.69) is 41.8 Å². The monoisotopic (exact) mass is 218 g/mol. The lowest BCUT2D eigenvalue weighted by molar-refractivity contribution is 0.240. The highest BCUT2D eigenvalue weighted by Crippen LogP contribution is 2.18. The molecule has 0 radical (unpaired) electrons. The van der Waals surface area contributed by atoms with Gasteiger partial charge in [0.2, 0.25) is 0 Å². The van der Waals surface area contributed by atoms with Crippen LogP contribution in [0.3, 0.4) is 0 Å². The molecule has 1 aromatic rings. The number of hydrogen-bond donors (Lipinski definition) is 2. The Kier molecular flexibility index (Phi) is 3.44.